The van der Waals surface area contributed by atoms with Crippen molar-refractivity contribution in [3.8, 4) is 51.1 Å². The van der Waals surface area contributed by atoms with E-state index in [4.69, 9.17) is 42.0 Å². The maximum absolute atomic E-state index is 5.97. The van der Waals surface area contributed by atoms with Crippen LogP contribution in [-0.2, 0) is 0 Å². The van der Waals surface area contributed by atoms with Crippen molar-refractivity contribution < 1.29 is 8.83 Å². The van der Waals surface area contributed by atoms with E-state index in [0.717, 1.165) is 78.2 Å². The second-order valence-electron chi connectivity index (χ2n) is 19.9. The lowest BCUT2D eigenvalue weighted by atomic mass is 10.1. The van der Waals surface area contributed by atoms with Crippen molar-refractivity contribution in [1.29, 1.82) is 0 Å². The first-order chi connectivity index (χ1) is 40.0. The summed E-state index contributed by atoms with van der Waals surface area (Å²) in [5, 5.41) is 8.55. The summed E-state index contributed by atoms with van der Waals surface area (Å²) in [6.07, 6.45) is 5.25. The monoisotopic (exact) mass is 1280 g/mol. The van der Waals surface area contributed by atoms with Crippen molar-refractivity contribution in [3.63, 3.8) is 0 Å². The van der Waals surface area contributed by atoms with Gasteiger partial charge in [-0.25, -0.2) is 29.9 Å². The van der Waals surface area contributed by atoms with E-state index in [9.17, 15) is 0 Å². The Bertz CT molecular complexity index is 4160. The van der Waals surface area contributed by atoms with Crippen LogP contribution in [0, 0.1) is 76.2 Å². The Morgan fingerprint density at radius 1 is 0.361 bits per heavy atom. The first-order valence-corrected chi connectivity index (χ1v) is 33.7. The van der Waals surface area contributed by atoms with Crippen molar-refractivity contribution in [2.24, 2.45) is 0 Å². The number of nitrogens with zero attached hydrogens (tertiary/aromatic N) is 6. The molecule has 418 valence electrons. The van der Waals surface area contributed by atoms with Gasteiger partial charge in [-0.15, -0.1) is 90.7 Å². The highest BCUT2D eigenvalue weighted by Crippen LogP contribution is 2.41. The molecular formula is C65H54Cl2N6O2S8. The first kappa shape index (κ1) is 58.5. The van der Waals surface area contributed by atoms with Gasteiger partial charge in [-0.05, 0) is 186 Å². The minimum atomic E-state index is 0.396. The third-order valence-electron chi connectivity index (χ3n) is 13.6. The maximum atomic E-state index is 5.97. The molecule has 0 radical (unpaired) electrons. The van der Waals surface area contributed by atoms with E-state index in [1.54, 1.807) is 98.0 Å². The van der Waals surface area contributed by atoms with E-state index in [0.29, 0.717) is 5.22 Å². The molecule has 0 unspecified atom stereocenters. The van der Waals surface area contributed by atoms with Crippen LogP contribution in [-0.4, -0.2) is 29.9 Å². The fourth-order valence-corrected chi connectivity index (χ4v) is 17.3. The van der Waals surface area contributed by atoms with Crippen LogP contribution in [0.2, 0.25) is 9.56 Å². The normalized spacial score (nSPS) is 11.2. The molecule has 0 saturated heterocycles. The second-order valence-corrected chi connectivity index (χ2v) is 29.2. The van der Waals surface area contributed by atoms with Crippen LogP contribution in [0.5, 0.6) is 0 Å². The zero-order chi connectivity index (χ0) is 58.2. The molecule has 0 N–H and O–H groups in total. The molecule has 0 aliphatic carbocycles. The van der Waals surface area contributed by atoms with Gasteiger partial charge in [-0.1, -0.05) is 72.3 Å². The average Bonchev–Trinajstić information content (AvgIpc) is 4.49. The molecule has 10 aromatic heterocycles. The molecule has 0 fully saturated rings. The molecule has 0 saturated carbocycles. The molecule has 10 heterocycles. The highest BCUT2D eigenvalue weighted by Gasteiger charge is 2.17. The molecule has 0 aliphatic rings. The van der Waals surface area contributed by atoms with Gasteiger partial charge in [0.1, 0.15) is 21.3 Å². The summed E-state index contributed by atoms with van der Waals surface area (Å²) in [7, 11) is 0. The zero-order valence-electron chi connectivity index (χ0n) is 47.1. The SMILES string of the molecule is Cc1ccc(-c2nc3c(C)ccc(C)c3s2)s1.Cc1ccc(C)c2sc(-c3ccc(Cl)o3)nc12.Cc1ccc(C)c2sc(-c3ccc(Cl)s3)nc12.Cc1ccc(C)c2sc(-c3ccoc3)nc12.Cc1ccc(C)c2sc(-c3nccs3)nc12. The van der Waals surface area contributed by atoms with Crippen molar-refractivity contribution in [3.05, 3.63) is 197 Å². The van der Waals surface area contributed by atoms with Gasteiger partial charge >= 0.3 is 0 Å². The number of benzene rings is 5. The van der Waals surface area contributed by atoms with Crippen LogP contribution in [0.1, 0.15) is 60.5 Å². The Hall–Kier alpha value is -6.28. The van der Waals surface area contributed by atoms with Crippen LogP contribution in [0.3, 0.4) is 0 Å². The fourth-order valence-electron chi connectivity index (χ4n) is 8.95. The van der Waals surface area contributed by atoms with Crippen molar-refractivity contribution in [1.82, 2.24) is 29.9 Å². The van der Waals surface area contributed by atoms with Crippen molar-refractivity contribution in [2.75, 3.05) is 0 Å². The van der Waals surface area contributed by atoms with Gasteiger partial charge in [-0.3, -0.25) is 0 Å². The number of fused-ring (bicyclic) bond motifs is 5. The molecule has 5 aromatic carbocycles. The minimum Gasteiger partial charge on any atom is -0.472 e. The Labute approximate surface area is 523 Å². The summed E-state index contributed by atoms with van der Waals surface area (Å²) in [6.45, 7) is 23.3. The summed E-state index contributed by atoms with van der Waals surface area (Å²) in [6, 6.07) is 35.2. The van der Waals surface area contributed by atoms with Gasteiger partial charge in [0.25, 0.3) is 0 Å². The highest BCUT2D eigenvalue weighted by molar-refractivity contribution is 7.27. The molecule has 0 amide bonds. The van der Waals surface area contributed by atoms with E-state index in [2.05, 4.69) is 169 Å². The number of thiazole rings is 6. The Morgan fingerprint density at radius 2 is 0.771 bits per heavy atom. The third-order valence-corrected chi connectivity index (χ3v) is 23.3. The van der Waals surface area contributed by atoms with Crippen LogP contribution in [0.4, 0.5) is 0 Å². The van der Waals surface area contributed by atoms with Gasteiger partial charge in [-0.2, -0.15) is 0 Å². The van der Waals surface area contributed by atoms with Crippen LogP contribution < -0.4 is 0 Å². The molecular weight excluding hydrogens is 1220 g/mol. The quantitative estimate of drug-likeness (QED) is 0.168. The van der Waals surface area contributed by atoms with Crippen LogP contribution in [0.15, 0.2) is 136 Å². The van der Waals surface area contributed by atoms with Crippen LogP contribution in [0.25, 0.3) is 102 Å². The maximum Gasteiger partial charge on any atom is 0.194 e. The van der Waals surface area contributed by atoms with Gasteiger partial charge < -0.3 is 8.83 Å². The van der Waals surface area contributed by atoms with E-state index >= 15 is 0 Å². The predicted molar refractivity (Wildman–Crippen MR) is 363 cm³/mol. The molecule has 8 nitrogen and oxygen atoms in total. The Kier molecular flexibility index (Phi) is 17.7. The van der Waals surface area contributed by atoms with Crippen molar-refractivity contribution >= 4 is 165 Å². The molecule has 15 rings (SSSR count). The minimum absolute atomic E-state index is 0.396. The summed E-state index contributed by atoms with van der Waals surface area (Å²) in [5.41, 5.74) is 19.2. The van der Waals surface area contributed by atoms with Gasteiger partial charge in [0.05, 0.1) is 71.4 Å². The topological polar surface area (TPSA) is 104 Å². The van der Waals surface area contributed by atoms with E-state index < -0.39 is 0 Å². The van der Waals surface area contributed by atoms with Crippen LogP contribution >= 0.6 is 114 Å². The lowest BCUT2D eigenvalue weighted by Gasteiger charge is -1.96. The number of halogens is 2. The number of hydrogen-bond donors (Lipinski definition) is 0. The molecule has 0 aliphatic heterocycles. The van der Waals surface area contributed by atoms with Gasteiger partial charge in [0.2, 0.25) is 0 Å². The number of hydrogen-bond acceptors (Lipinski definition) is 16. The Balaban J connectivity index is 0.000000109. The standard InChI is InChI=1S/C14H13NS2.C13H10ClNOS.C13H10ClNS2.C13H11NOS.C12H10N2S2/c1-8-4-5-9(2)13-12(8)15-14(17-13)11-7-6-10(3)16-11;2*1-7-3-4-8(2)12-11(7)15-13(17-12)9-5-6-10(14)16-9;1-8-3-4-9(2)12-11(8)14-13(16-12)10-5-6-15-7-10;1-7-3-4-8(2)10-9(7)14-12(16-10)11-13-5-6-15-11/h4-7H,1-3H3;2*3-6H,1-2H3;3-7H,1-2H3;3-6H,1-2H3. The number of thiophene rings is 2. The first-order valence-electron chi connectivity index (χ1n) is 26.3. The smallest absolute Gasteiger partial charge is 0.194 e. The molecule has 0 bridgehead atoms. The lowest BCUT2D eigenvalue weighted by Crippen LogP contribution is -1.79. The molecule has 0 spiro atoms. The largest absolute Gasteiger partial charge is 0.472 e. The summed E-state index contributed by atoms with van der Waals surface area (Å²) >= 11 is 25.4. The lowest BCUT2D eigenvalue weighted by molar-refractivity contribution is 0.568. The summed E-state index contributed by atoms with van der Waals surface area (Å²) in [4.78, 5) is 31.6. The number of rotatable bonds is 5. The number of aryl methyl sites for hydroxylation is 11. The third kappa shape index (κ3) is 12.7. The fraction of sp³-hybridized carbons (Fsp3) is 0.169. The molecule has 18 heteroatoms. The molecule has 0 atom stereocenters. The number of aromatic nitrogens is 6. The van der Waals surface area contributed by atoms with Crippen molar-refractivity contribution in [2.45, 2.75) is 76.2 Å². The summed E-state index contributed by atoms with van der Waals surface area (Å²) in [5.74, 6) is 0.731. The molecule has 15 aromatic rings. The number of furan rings is 2. The van der Waals surface area contributed by atoms with E-state index in [1.165, 1.54) is 88.9 Å². The Morgan fingerprint density at radius 3 is 1.16 bits per heavy atom. The second kappa shape index (κ2) is 25.1. The summed E-state index contributed by atoms with van der Waals surface area (Å²) < 4.78 is 17.7. The van der Waals surface area contributed by atoms with E-state index in [1.807, 2.05) is 47.2 Å². The zero-order valence-corrected chi connectivity index (χ0v) is 55.2. The molecule has 83 heavy (non-hydrogen) atoms. The predicted octanol–water partition coefficient (Wildman–Crippen LogP) is 23.3. The highest BCUT2D eigenvalue weighted by atomic mass is 35.5. The van der Waals surface area contributed by atoms with Gasteiger partial charge in [0, 0.05) is 22.0 Å². The van der Waals surface area contributed by atoms with E-state index in [-0.39, 0.29) is 0 Å². The van der Waals surface area contributed by atoms with Gasteiger partial charge in [0.15, 0.2) is 26.0 Å². The average molecular weight is 1280 g/mol.